The number of benzene rings is 1. The Morgan fingerprint density at radius 2 is 1.96 bits per heavy atom. The van der Waals surface area contributed by atoms with Gasteiger partial charge in [-0.15, -0.1) is 0 Å². The molecule has 2 unspecified atom stereocenters. The van der Waals surface area contributed by atoms with E-state index in [0.29, 0.717) is 25.1 Å². The zero-order valence-electron chi connectivity index (χ0n) is 13.8. The third-order valence-corrected chi connectivity index (χ3v) is 6.52. The smallest absolute Gasteiger partial charge is 0.240 e. The molecular weight excluding hydrogens is 326 g/mol. The Morgan fingerprint density at radius 3 is 2.75 bits per heavy atom. The van der Waals surface area contributed by atoms with Crippen molar-refractivity contribution in [3.63, 3.8) is 0 Å². The van der Waals surface area contributed by atoms with Gasteiger partial charge in [-0.2, -0.15) is 0 Å². The Labute approximate surface area is 143 Å². The number of carbonyl (C=O) groups is 1. The molecule has 1 heterocycles. The van der Waals surface area contributed by atoms with E-state index in [9.17, 15) is 13.2 Å². The van der Waals surface area contributed by atoms with E-state index in [1.54, 1.807) is 18.2 Å². The van der Waals surface area contributed by atoms with Gasteiger partial charge in [-0.1, -0.05) is 12.8 Å². The molecule has 2 aliphatic rings. The number of hydrogen-bond donors (Lipinski definition) is 3. The summed E-state index contributed by atoms with van der Waals surface area (Å²) in [6, 6.07) is 4.85. The summed E-state index contributed by atoms with van der Waals surface area (Å²) in [5.41, 5.74) is 7.39. The first-order valence-electron chi connectivity index (χ1n) is 8.65. The lowest BCUT2D eigenvalue weighted by molar-refractivity contribution is -0.116. The quantitative estimate of drug-likeness (QED) is 0.769. The van der Waals surface area contributed by atoms with Crippen LogP contribution >= 0.6 is 0 Å². The van der Waals surface area contributed by atoms with Gasteiger partial charge in [0.25, 0.3) is 0 Å². The molecule has 2 atom stereocenters. The first-order chi connectivity index (χ1) is 11.5. The monoisotopic (exact) mass is 351 g/mol. The molecule has 1 fully saturated rings. The van der Waals surface area contributed by atoms with Gasteiger partial charge in [0.15, 0.2) is 0 Å². The van der Waals surface area contributed by atoms with Crippen molar-refractivity contribution in [3.05, 3.63) is 23.8 Å². The van der Waals surface area contributed by atoms with Crippen LogP contribution in [0.25, 0.3) is 0 Å². The van der Waals surface area contributed by atoms with Crippen molar-refractivity contribution < 1.29 is 13.2 Å². The molecule has 0 bridgehead atoms. The van der Waals surface area contributed by atoms with Crippen LogP contribution in [0.3, 0.4) is 0 Å². The van der Waals surface area contributed by atoms with Crippen molar-refractivity contribution in [3.8, 4) is 0 Å². The maximum atomic E-state index is 12.8. The molecule has 132 valence electrons. The van der Waals surface area contributed by atoms with Crippen LogP contribution in [-0.4, -0.2) is 26.9 Å². The normalized spacial score (nSPS) is 24.8. The average molecular weight is 351 g/mol. The number of sulfonamides is 1. The fourth-order valence-corrected chi connectivity index (χ4v) is 5.02. The molecule has 1 amide bonds. The lowest BCUT2D eigenvalue weighted by Gasteiger charge is -2.31. The number of nitrogens with two attached hydrogens (primary N) is 1. The number of anilines is 1. The minimum atomic E-state index is -3.58. The first-order valence-corrected chi connectivity index (χ1v) is 10.1. The van der Waals surface area contributed by atoms with Gasteiger partial charge < -0.3 is 11.1 Å². The topological polar surface area (TPSA) is 101 Å². The lowest BCUT2D eigenvalue weighted by atomic mass is 9.85. The molecule has 1 saturated carbocycles. The molecule has 3 rings (SSSR count). The van der Waals surface area contributed by atoms with Crippen LogP contribution in [0, 0.1) is 5.92 Å². The summed E-state index contributed by atoms with van der Waals surface area (Å²) >= 11 is 0. The molecule has 0 spiro atoms. The first kappa shape index (κ1) is 17.4. The highest BCUT2D eigenvalue weighted by Crippen LogP contribution is 2.28. The number of hydrogen-bond acceptors (Lipinski definition) is 4. The van der Waals surface area contributed by atoms with E-state index in [-0.39, 0.29) is 22.8 Å². The predicted molar refractivity (Wildman–Crippen MR) is 93.1 cm³/mol. The third-order valence-electron chi connectivity index (χ3n) is 5.03. The van der Waals surface area contributed by atoms with E-state index in [0.717, 1.165) is 37.7 Å². The van der Waals surface area contributed by atoms with Crippen LogP contribution in [0.2, 0.25) is 0 Å². The second-order valence-electron chi connectivity index (χ2n) is 6.73. The number of carbonyl (C=O) groups excluding carboxylic acids is 1. The third kappa shape index (κ3) is 3.79. The molecule has 6 nitrogen and oxygen atoms in total. The Balaban J connectivity index is 1.82. The fourth-order valence-electron chi connectivity index (χ4n) is 3.63. The van der Waals surface area contributed by atoms with Gasteiger partial charge in [0.2, 0.25) is 15.9 Å². The summed E-state index contributed by atoms with van der Waals surface area (Å²) in [7, 11) is -3.58. The second-order valence-corrected chi connectivity index (χ2v) is 8.44. The Morgan fingerprint density at radius 1 is 1.17 bits per heavy atom. The molecule has 1 aliphatic carbocycles. The van der Waals surface area contributed by atoms with E-state index < -0.39 is 10.0 Å². The Bertz CT molecular complexity index is 718. The van der Waals surface area contributed by atoms with Crippen LogP contribution in [0.5, 0.6) is 0 Å². The van der Waals surface area contributed by atoms with Gasteiger partial charge >= 0.3 is 0 Å². The largest absolute Gasteiger partial charge is 0.330 e. The van der Waals surface area contributed by atoms with Crippen molar-refractivity contribution in [2.24, 2.45) is 11.7 Å². The standard InChI is InChI=1S/C17H25N3O3S/c18-11-13-4-1-2-6-16(13)20-24(22,23)14-8-9-15-12(10-14)5-3-7-17(21)19-15/h8-10,13,16,20H,1-7,11,18H2,(H,19,21). The number of amides is 1. The van der Waals surface area contributed by atoms with Crippen molar-refractivity contribution >= 4 is 21.6 Å². The van der Waals surface area contributed by atoms with Crippen molar-refractivity contribution in [1.29, 1.82) is 0 Å². The zero-order valence-corrected chi connectivity index (χ0v) is 14.6. The molecule has 1 aliphatic heterocycles. The summed E-state index contributed by atoms with van der Waals surface area (Å²) in [5.74, 6) is 0.184. The van der Waals surface area contributed by atoms with Crippen LogP contribution in [0.15, 0.2) is 23.1 Å². The van der Waals surface area contributed by atoms with Crippen LogP contribution in [0.1, 0.15) is 44.1 Å². The van der Waals surface area contributed by atoms with E-state index in [2.05, 4.69) is 10.0 Å². The zero-order chi connectivity index (χ0) is 17.2. The summed E-state index contributed by atoms with van der Waals surface area (Å²) in [5, 5.41) is 2.83. The van der Waals surface area contributed by atoms with Gasteiger partial charge in [0.05, 0.1) is 4.90 Å². The number of fused-ring (bicyclic) bond motifs is 1. The summed E-state index contributed by atoms with van der Waals surface area (Å²) in [6.45, 7) is 0.503. The molecule has 0 radical (unpaired) electrons. The summed E-state index contributed by atoms with van der Waals surface area (Å²) in [4.78, 5) is 11.9. The van der Waals surface area contributed by atoms with Gasteiger partial charge in [-0.3, -0.25) is 4.79 Å². The molecular formula is C17H25N3O3S. The minimum Gasteiger partial charge on any atom is -0.330 e. The Kier molecular flexibility index (Phi) is 5.22. The maximum absolute atomic E-state index is 12.8. The number of rotatable bonds is 4. The highest BCUT2D eigenvalue weighted by Gasteiger charge is 2.29. The van der Waals surface area contributed by atoms with Gasteiger partial charge in [0.1, 0.15) is 0 Å². The van der Waals surface area contributed by atoms with E-state index in [1.165, 1.54) is 0 Å². The molecule has 4 N–H and O–H groups in total. The molecule has 0 saturated heterocycles. The molecule has 1 aromatic carbocycles. The minimum absolute atomic E-state index is 0.0181. The number of aryl methyl sites for hydroxylation is 1. The van der Waals surface area contributed by atoms with Gasteiger partial charge in [0, 0.05) is 18.2 Å². The maximum Gasteiger partial charge on any atom is 0.240 e. The molecule has 0 aromatic heterocycles. The predicted octanol–water partition coefficient (Wildman–Crippen LogP) is 1.76. The SMILES string of the molecule is NCC1CCCCC1NS(=O)(=O)c1ccc2c(c1)CCCC(=O)N2. The van der Waals surface area contributed by atoms with Crippen molar-refractivity contribution in [1.82, 2.24) is 4.72 Å². The summed E-state index contributed by atoms with van der Waals surface area (Å²) < 4.78 is 28.4. The van der Waals surface area contributed by atoms with Crippen molar-refractivity contribution in [2.45, 2.75) is 55.9 Å². The van der Waals surface area contributed by atoms with Crippen LogP contribution < -0.4 is 15.8 Å². The average Bonchev–Trinajstić information content (AvgIpc) is 2.74. The van der Waals surface area contributed by atoms with Crippen LogP contribution in [-0.2, 0) is 21.2 Å². The molecule has 7 heteroatoms. The van der Waals surface area contributed by atoms with E-state index in [4.69, 9.17) is 5.73 Å². The fraction of sp³-hybridized carbons (Fsp3) is 0.588. The Hall–Kier alpha value is -1.44. The second kappa shape index (κ2) is 7.21. The number of nitrogens with one attached hydrogen (secondary N) is 2. The van der Waals surface area contributed by atoms with Gasteiger partial charge in [-0.25, -0.2) is 13.1 Å². The molecule has 1 aromatic rings. The summed E-state index contributed by atoms with van der Waals surface area (Å²) in [6.07, 6.45) is 5.84. The highest BCUT2D eigenvalue weighted by atomic mass is 32.2. The van der Waals surface area contributed by atoms with Gasteiger partial charge in [-0.05, 0) is 61.9 Å². The van der Waals surface area contributed by atoms with Crippen molar-refractivity contribution in [2.75, 3.05) is 11.9 Å². The lowest BCUT2D eigenvalue weighted by Crippen LogP contribution is -2.44. The van der Waals surface area contributed by atoms with E-state index >= 15 is 0 Å². The molecule has 24 heavy (non-hydrogen) atoms. The highest BCUT2D eigenvalue weighted by molar-refractivity contribution is 7.89. The van der Waals surface area contributed by atoms with E-state index in [1.807, 2.05) is 0 Å². The van der Waals surface area contributed by atoms with Crippen LogP contribution in [0.4, 0.5) is 5.69 Å².